The fraction of sp³-hybridized carbons (Fsp3) is 0.353. The molecule has 3 rings (SSSR count). The highest BCUT2D eigenvalue weighted by molar-refractivity contribution is 5.18. The number of hydrogen-bond donors (Lipinski definition) is 1. The van der Waals surface area contributed by atoms with E-state index in [0.717, 1.165) is 0 Å². The Balaban J connectivity index is 1.53. The average molecular weight is 311 g/mol. The Morgan fingerprint density at radius 3 is 2.74 bits per heavy atom. The minimum Gasteiger partial charge on any atom is -0.338 e. The number of hydrogen-bond acceptors (Lipinski definition) is 5. The van der Waals surface area contributed by atoms with Crippen LogP contribution in [0.15, 0.2) is 53.3 Å². The summed E-state index contributed by atoms with van der Waals surface area (Å²) in [6.07, 6.45) is 4.44. The minimum atomic E-state index is 0.236. The standard InChI is InChI=1S/C17H21N5O/c1-13(14(2)22-10-6-9-19-22)18-12-17-20-16(21-23-17)11-15-7-4-3-5-8-15/h3-10,13-14,18H,11-12H2,1-2H3/t13-,14+/m0/s1. The monoisotopic (exact) mass is 311 g/mol. The van der Waals surface area contributed by atoms with Gasteiger partial charge in [-0.3, -0.25) is 4.68 Å². The molecule has 0 aliphatic rings. The first-order valence-electron chi connectivity index (χ1n) is 7.80. The maximum absolute atomic E-state index is 5.31. The molecular weight excluding hydrogens is 290 g/mol. The third kappa shape index (κ3) is 4.04. The third-order valence-corrected chi connectivity index (χ3v) is 3.96. The van der Waals surface area contributed by atoms with Gasteiger partial charge in [0.1, 0.15) is 0 Å². The van der Waals surface area contributed by atoms with Crippen LogP contribution < -0.4 is 5.32 Å². The van der Waals surface area contributed by atoms with E-state index in [1.807, 2.05) is 35.1 Å². The van der Waals surface area contributed by atoms with Gasteiger partial charge < -0.3 is 9.84 Å². The molecule has 0 amide bonds. The summed E-state index contributed by atoms with van der Waals surface area (Å²) >= 11 is 0. The van der Waals surface area contributed by atoms with Crippen LogP contribution in [0.4, 0.5) is 0 Å². The van der Waals surface area contributed by atoms with Gasteiger partial charge in [0.05, 0.1) is 12.6 Å². The lowest BCUT2D eigenvalue weighted by molar-refractivity contribution is 0.324. The predicted molar refractivity (Wildman–Crippen MR) is 86.8 cm³/mol. The Morgan fingerprint density at radius 2 is 2.00 bits per heavy atom. The molecule has 0 aliphatic carbocycles. The second kappa shape index (κ2) is 7.19. The highest BCUT2D eigenvalue weighted by Gasteiger charge is 2.15. The first-order chi connectivity index (χ1) is 11.2. The summed E-state index contributed by atoms with van der Waals surface area (Å²) in [5.74, 6) is 1.32. The molecule has 6 nitrogen and oxygen atoms in total. The fourth-order valence-corrected chi connectivity index (χ4v) is 2.38. The first kappa shape index (κ1) is 15.4. The van der Waals surface area contributed by atoms with Crippen LogP contribution in [0.3, 0.4) is 0 Å². The van der Waals surface area contributed by atoms with Crippen molar-refractivity contribution in [3.63, 3.8) is 0 Å². The molecule has 0 saturated carbocycles. The summed E-state index contributed by atoms with van der Waals surface area (Å²) in [6.45, 7) is 4.79. The molecule has 2 aromatic heterocycles. The van der Waals surface area contributed by atoms with Gasteiger partial charge in [-0.25, -0.2) is 0 Å². The molecule has 3 aromatic rings. The highest BCUT2D eigenvalue weighted by Crippen LogP contribution is 2.10. The predicted octanol–water partition coefficient (Wildman–Crippen LogP) is 2.60. The molecule has 1 N–H and O–H groups in total. The summed E-state index contributed by atoms with van der Waals surface area (Å²) in [6, 6.07) is 12.5. The van der Waals surface area contributed by atoms with Crippen molar-refractivity contribution in [3.8, 4) is 0 Å². The zero-order chi connectivity index (χ0) is 16.1. The summed E-state index contributed by atoms with van der Waals surface area (Å²) in [7, 11) is 0. The smallest absolute Gasteiger partial charge is 0.240 e. The summed E-state index contributed by atoms with van der Waals surface area (Å²) < 4.78 is 7.25. The minimum absolute atomic E-state index is 0.236. The third-order valence-electron chi connectivity index (χ3n) is 3.96. The molecule has 2 atom stereocenters. The number of nitrogens with one attached hydrogen (secondary N) is 1. The molecule has 2 heterocycles. The Kier molecular flexibility index (Phi) is 4.83. The summed E-state index contributed by atoms with van der Waals surface area (Å²) in [4.78, 5) is 4.44. The SMILES string of the molecule is C[C@H](NCc1nc(Cc2ccccc2)no1)[C@@H](C)n1cccn1. The molecule has 1 aromatic carbocycles. The van der Waals surface area contributed by atoms with Gasteiger partial charge in [-0.2, -0.15) is 10.1 Å². The Hall–Kier alpha value is -2.47. The topological polar surface area (TPSA) is 68.8 Å². The van der Waals surface area contributed by atoms with E-state index >= 15 is 0 Å². The Morgan fingerprint density at radius 1 is 1.17 bits per heavy atom. The van der Waals surface area contributed by atoms with E-state index in [-0.39, 0.29) is 12.1 Å². The van der Waals surface area contributed by atoms with Crippen LogP contribution in [0.1, 0.15) is 37.2 Å². The number of rotatable bonds is 7. The van der Waals surface area contributed by atoms with Crippen molar-refractivity contribution in [2.45, 2.75) is 38.9 Å². The lowest BCUT2D eigenvalue weighted by Gasteiger charge is -2.20. The number of benzene rings is 1. The van der Waals surface area contributed by atoms with Gasteiger partial charge in [-0.1, -0.05) is 35.5 Å². The lowest BCUT2D eigenvalue weighted by atomic mass is 10.1. The summed E-state index contributed by atoms with van der Waals surface area (Å²) in [5.41, 5.74) is 1.17. The summed E-state index contributed by atoms with van der Waals surface area (Å²) in [5, 5.41) is 11.7. The van der Waals surface area contributed by atoms with Gasteiger partial charge in [-0.05, 0) is 25.5 Å². The molecule has 120 valence electrons. The number of nitrogens with zero attached hydrogens (tertiary/aromatic N) is 4. The maximum Gasteiger partial charge on any atom is 0.240 e. The molecular formula is C17H21N5O. The quantitative estimate of drug-likeness (QED) is 0.726. The second-order valence-electron chi connectivity index (χ2n) is 5.66. The van der Waals surface area contributed by atoms with Gasteiger partial charge in [0.25, 0.3) is 0 Å². The van der Waals surface area contributed by atoms with Crippen LogP contribution in [-0.2, 0) is 13.0 Å². The molecule has 0 bridgehead atoms. The van der Waals surface area contributed by atoms with Crippen molar-refractivity contribution >= 4 is 0 Å². The molecule has 0 fully saturated rings. The molecule has 6 heteroatoms. The van der Waals surface area contributed by atoms with Crippen LogP contribution in [0, 0.1) is 0 Å². The van der Waals surface area contributed by atoms with Gasteiger partial charge in [0.15, 0.2) is 5.82 Å². The molecule has 0 unspecified atom stereocenters. The zero-order valence-electron chi connectivity index (χ0n) is 13.4. The van der Waals surface area contributed by atoms with E-state index in [9.17, 15) is 0 Å². The van der Waals surface area contributed by atoms with E-state index in [2.05, 4.69) is 46.5 Å². The second-order valence-corrected chi connectivity index (χ2v) is 5.66. The van der Waals surface area contributed by atoms with Gasteiger partial charge in [-0.15, -0.1) is 0 Å². The average Bonchev–Trinajstić information content (AvgIpc) is 3.25. The van der Waals surface area contributed by atoms with Crippen LogP contribution in [-0.4, -0.2) is 26.0 Å². The molecule has 0 radical (unpaired) electrons. The largest absolute Gasteiger partial charge is 0.338 e. The van der Waals surface area contributed by atoms with E-state index < -0.39 is 0 Å². The van der Waals surface area contributed by atoms with E-state index in [4.69, 9.17) is 4.52 Å². The van der Waals surface area contributed by atoms with Crippen molar-refractivity contribution in [2.24, 2.45) is 0 Å². The molecule has 0 saturated heterocycles. The Labute approximate surface area is 135 Å². The molecule has 0 aliphatic heterocycles. The van der Waals surface area contributed by atoms with Crippen molar-refractivity contribution in [1.29, 1.82) is 0 Å². The normalized spacial score (nSPS) is 13.8. The van der Waals surface area contributed by atoms with Gasteiger partial charge in [0.2, 0.25) is 5.89 Å². The molecule has 23 heavy (non-hydrogen) atoms. The van der Waals surface area contributed by atoms with Crippen molar-refractivity contribution in [1.82, 2.24) is 25.2 Å². The van der Waals surface area contributed by atoms with Crippen LogP contribution in [0.5, 0.6) is 0 Å². The fourth-order valence-electron chi connectivity index (χ4n) is 2.38. The van der Waals surface area contributed by atoms with E-state index in [1.165, 1.54) is 5.56 Å². The zero-order valence-corrected chi connectivity index (χ0v) is 13.4. The van der Waals surface area contributed by atoms with Crippen molar-refractivity contribution in [3.05, 3.63) is 66.1 Å². The maximum atomic E-state index is 5.31. The first-order valence-corrected chi connectivity index (χ1v) is 7.80. The van der Waals surface area contributed by atoms with Crippen molar-refractivity contribution < 1.29 is 4.52 Å². The van der Waals surface area contributed by atoms with Crippen LogP contribution >= 0.6 is 0 Å². The van der Waals surface area contributed by atoms with Gasteiger partial charge in [0, 0.05) is 24.9 Å². The molecule has 0 spiro atoms. The van der Waals surface area contributed by atoms with Gasteiger partial charge >= 0.3 is 0 Å². The van der Waals surface area contributed by atoms with Crippen LogP contribution in [0.25, 0.3) is 0 Å². The Bertz CT molecular complexity index is 708. The number of aromatic nitrogens is 4. The van der Waals surface area contributed by atoms with Crippen LogP contribution in [0.2, 0.25) is 0 Å². The lowest BCUT2D eigenvalue weighted by Crippen LogP contribution is -2.33. The van der Waals surface area contributed by atoms with E-state index in [1.54, 1.807) is 6.20 Å². The van der Waals surface area contributed by atoms with Crippen molar-refractivity contribution in [2.75, 3.05) is 0 Å². The highest BCUT2D eigenvalue weighted by atomic mass is 16.5. The van der Waals surface area contributed by atoms with E-state index in [0.29, 0.717) is 24.7 Å².